The number of guanidine groups is 1. The van der Waals surface area contributed by atoms with Crippen molar-refractivity contribution >= 4 is 29.9 Å². The van der Waals surface area contributed by atoms with Gasteiger partial charge in [-0.1, -0.05) is 19.4 Å². The zero-order valence-corrected chi connectivity index (χ0v) is 20.6. The second-order valence-corrected chi connectivity index (χ2v) is 7.81. The Kier molecular flexibility index (Phi) is 11.0. The number of hydrogen-bond acceptors (Lipinski definition) is 5. The highest BCUT2D eigenvalue weighted by atomic mass is 127. The van der Waals surface area contributed by atoms with E-state index in [1.54, 1.807) is 0 Å². The molecule has 1 fully saturated rings. The highest BCUT2D eigenvalue weighted by Gasteiger charge is 2.21. The van der Waals surface area contributed by atoms with E-state index in [4.69, 9.17) is 14.5 Å². The third kappa shape index (κ3) is 7.16. The van der Waals surface area contributed by atoms with Gasteiger partial charge >= 0.3 is 0 Å². The van der Waals surface area contributed by atoms with E-state index in [2.05, 4.69) is 41.1 Å². The summed E-state index contributed by atoms with van der Waals surface area (Å²) in [4.78, 5) is 9.73. The van der Waals surface area contributed by atoms with Gasteiger partial charge in [-0.2, -0.15) is 0 Å². The first-order valence-corrected chi connectivity index (χ1v) is 11.0. The molecule has 2 N–H and O–H groups in total. The van der Waals surface area contributed by atoms with Crippen LogP contribution in [0.15, 0.2) is 23.2 Å². The number of benzene rings is 1. The number of nitrogens with one attached hydrogen (secondary N) is 1. The van der Waals surface area contributed by atoms with Gasteiger partial charge in [0, 0.05) is 52.4 Å². The summed E-state index contributed by atoms with van der Waals surface area (Å²) in [6.07, 6.45) is 3.09. The van der Waals surface area contributed by atoms with E-state index in [9.17, 15) is 5.11 Å². The minimum atomic E-state index is 0. The lowest BCUT2D eigenvalue weighted by molar-refractivity contribution is 0.171. The zero-order valence-electron chi connectivity index (χ0n) is 18.3. The molecule has 0 bridgehead atoms. The van der Waals surface area contributed by atoms with Crippen LogP contribution in [-0.4, -0.2) is 73.5 Å². The number of piperazine rings is 1. The molecule has 1 aromatic rings. The van der Waals surface area contributed by atoms with E-state index >= 15 is 0 Å². The molecule has 170 valence electrons. The zero-order chi connectivity index (χ0) is 20.5. The molecule has 3 rings (SSSR count). The fourth-order valence-electron chi connectivity index (χ4n) is 3.97. The maximum Gasteiger partial charge on any atom is 0.231 e. The van der Waals surface area contributed by atoms with Gasteiger partial charge in [0.15, 0.2) is 17.5 Å². The number of aliphatic hydroxyl groups excluding tert-OH is 1. The molecule has 0 aromatic heterocycles. The lowest BCUT2D eigenvalue weighted by Gasteiger charge is -2.36. The number of nitrogens with zero attached hydrogens (tertiary/aromatic N) is 3. The highest BCUT2D eigenvalue weighted by molar-refractivity contribution is 14.0. The van der Waals surface area contributed by atoms with Crippen molar-refractivity contribution in [2.75, 3.05) is 52.7 Å². The number of aliphatic hydroxyl groups is 1. The van der Waals surface area contributed by atoms with Crippen LogP contribution in [0.5, 0.6) is 11.5 Å². The normalized spacial score (nSPS) is 17.6. The maximum absolute atomic E-state index is 9.29. The summed E-state index contributed by atoms with van der Waals surface area (Å²) in [5.74, 6) is 3.17. The fourth-order valence-corrected chi connectivity index (χ4v) is 3.97. The number of ether oxygens (including phenoxy) is 2. The average molecular weight is 532 g/mol. The van der Waals surface area contributed by atoms with Gasteiger partial charge < -0.3 is 24.8 Å². The molecule has 0 aliphatic carbocycles. The van der Waals surface area contributed by atoms with Crippen LogP contribution in [0.25, 0.3) is 0 Å². The number of rotatable bonds is 9. The second-order valence-electron chi connectivity index (χ2n) is 7.81. The van der Waals surface area contributed by atoms with Crippen molar-refractivity contribution in [3.8, 4) is 11.5 Å². The average Bonchev–Trinajstić information content (AvgIpc) is 3.20. The minimum Gasteiger partial charge on any atom is -0.454 e. The smallest absolute Gasteiger partial charge is 0.231 e. The Hall–Kier alpha value is -1.26. The number of aliphatic imine (C=N–C) groups is 1. The molecule has 0 spiro atoms. The third-order valence-electron chi connectivity index (χ3n) is 5.58. The Morgan fingerprint density at radius 1 is 1.13 bits per heavy atom. The van der Waals surface area contributed by atoms with Gasteiger partial charge in [0.1, 0.15) is 0 Å². The van der Waals surface area contributed by atoms with Crippen molar-refractivity contribution < 1.29 is 14.6 Å². The lowest BCUT2D eigenvalue weighted by Crippen LogP contribution is -2.52. The van der Waals surface area contributed by atoms with E-state index in [-0.39, 0.29) is 30.6 Å². The fraction of sp³-hybridized carbons (Fsp3) is 0.682. The Bertz CT molecular complexity index is 660. The number of fused-ring (bicyclic) bond motifs is 1. The summed E-state index contributed by atoms with van der Waals surface area (Å²) in [6.45, 7) is 11.4. The summed E-state index contributed by atoms with van der Waals surface area (Å²) in [5.41, 5.74) is 1.26. The Balaban J connectivity index is 0.00000320. The molecule has 0 saturated carbocycles. The van der Waals surface area contributed by atoms with E-state index in [1.165, 1.54) is 5.56 Å². The van der Waals surface area contributed by atoms with Crippen LogP contribution < -0.4 is 14.8 Å². The first-order valence-electron chi connectivity index (χ1n) is 11.0. The maximum atomic E-state index is 9.29. The largest absolute Gasteiger partial charge is 0.454 e. The molecule has 7 nitrogen and oxygen atoms in total. The summed E-state index contributed by atoms with van der Waals surface area (Å²) in [5, 5.41) is 12.7. The summed E-state index contributed by atoms with van der Waals surface area (Å²) < 4.78 is 10.9. The highest BCUT2D eigenvalue weighted by Crippen LogP contribution is 2.32. The van der Waals surface area contributed by atoms with Gasteiger partial charge in [0.05, 0.1) is 0 Å². The van der Waals surface area contributed by atoms with Crippen LogP contribution in [0, 0.1) is 5.92 Å². The van der Waals surface area contributed by atoms with Crippen LogP contribution >= 0.6 is 24.0 Å². The lowest BCUT2D eigenvalue weighted by atomic mass is 10.0. The first-order chi connectivity index (χ1) is 14.2. The van der Waals surface area contributed by atoms with E-state index in [1.807, 2.05) is 6.07 Å². The SMILES string of the molecule is CCCC(CCO)CN=C(NCC)N1CCN(Cc2ccc3c(c2)OCO3)CC1.I. The monoisotopic (exact) mass is 532 g/mol. The third-order valence-corrected chi connectivity index (χ3v) is 5.58. The molecule has 0 radical (unpaired) electrons. The molecule has 8 heteroatoms. The van der Waals surface area contributed by atoms with Crippen LogP contribution in [-0.2, 0) is 6.54 Å². The Labute approximate surface area is 197 Å². The topological polar surface area (TPSA) is 69.6 Å². The molecule has 1 unspecified atom stereocenters. The molecule has 2 heterocycles. The van der Waals surface area contributed by atoms with Gasteiger partial charge in [-0.15, -0.1) is 24.0 Å². The van der Waals surface area contributed by atoms with Crippen molar-refractivity contribution in [1.82, 2.24) is 15.1 Å². The van der Waals surface area contributed by atoms with E-state index < -0.39 is 0 Å². The predicted octanol–water partition coefficient (Wildman–Crippen LogP) is 2.92. The van der Waals surface area contributed by atoms with Gasteiger partial charge in [-0.05, 0) is 43.4 Å². The number of halogens is 1. The van der Waals surface area contributed by atoms with Gasteiger partial charge in [-0.3, -0.25) is 9.89 Å². The predicted molar refractivity (Wildman–Crippen MR) is 131 cm³/mol. The van der Waals surface area contributed by atoms with Crippen molar-refractivity contribution in [3.05, 3.63) is 23.8 Å². The molecular formula is C22H37IN4O3. The van der Waals surface area contributed by atoms with E-state index in [0.29, 0.717) is 12.7 Å². The second kappa shape index (κ2) is 13.2. The summed E-state index contributed by atoms with van der Waals surface area (Å²) in [6, 6.07) is 6.22. The molecule has 2 aliphatic rings. The van der Waals surface area contributed by atoms with Gasteiger partial charge in [-0.25, -0.2) is 0 Å². The minimum absolute atomic E-state index is 0. The molecule has 1 saturated heterocycles. The Morgan fingerprint density at radius 2 is 1.90 bits per heavy atom. The van der Waals surface area contributed by atoms with Gasteiger partial charge in [0.25, 0.3) is 0 Å². The van der Waals surface area contributed by atoms with Crippen molar-refractivity contribution in [2.45, 2.75) is 39.7 Å². The standard InChI is InChI=1S/C22H36N4O3.HI/c1-3-5-18(8-13-27)15-24-22(23-4-2)26-11-9-25(10-12-26)16-19-6-7-20-21(14-19)29-17-28-20;/h6-7,14,18,27H,3-5,8-13,15-17H2,1-2H3,(H,23,24);1H. The summed E-state index contributed by atoms with van der Waals surface area (Å²) in [7, 11) is 0. The van der Waals surface area contributed by atoms with Crippen molar-refractivity contribution in [2.24, 2.45) is 10.9 Å². The number of hydrogen-bond donors (Lipinski definition) is 2. The van der Waals surface area contributed by atoms with E-state index in [0.717, 1.165) is 82.5 Å². The molecule has 2 aliphatic heterocycles. The molecule has 1 atom stereocenters. The van der Waals surface area contributed by atoms with Crippen molar-refractivity contribution in [1.29, 1.82) is 0 Å². The van der Waals surface area contributed by atoms with Crippen LogP contribution in [0.2, 0.25) is 0 Å². The van der Waals surface area contributed by atoms with Crippen LogP contribution in [0.3, 0.4) is 0 Å². The van der Waals surface area contributed by atoms with Crippen LogP contribution in [0.1, 0.15) is 38.7 Å². The Morgan fingerprint density at radius 3 is 2.60 bits per heavy atom. The first kappa shape index (κ1) is 25.0. The molecule has 1 aromatic carbocycles. The van der Waals surface area contributed by atoms with Crippen molar-refractivity contribution in [3.63, 3.8) is 0 Å². The summed E-state index contributed by atoms with van der Waals surface area (Å²) >= 11 is 0. The van der Waals surface area contributed by atoms with Crippen LogP contribution in [0.4, 0.5) is 0 Å². The molecular weight excluding hydrogens is 495 g/mol. The van der Waals surface area contributed by atoms with Gasteiger partial charge in [0.2, 0.25) is 6.79 Å². The molecule has 30 heavy (non-hydrogen) atoms. The quantitative estimate of drug-likeness (QED) is 0.290. The molecule has 0 amide bonds.